The van der Waals surface area contributed by atoms with Gasteiger partial charge in [0.25, 0.3) is 0 Å². The predicted octanol–water partition coefficient (Wildman–Crippen LogP) is 2.38. The molecule has 19 heavy (non-hydrogen) atoms. The molecule has 0 bridgehead atoms. The van der Waals surface area contributed by atoms with Crippen molar-refractivity contribution >= 4 is 5.97 Å². The number of carboxylic acid groups (broad SMARTS) is 1. The zero-order valence-corrected chi connectivity index (χ0v) is 12.4. The Hall–Kier alpha value is -0.610. The van der Waals surface area contributed by atoms with Crippen LogP contribution < -0.4 is 0 Å². The van der Waals surface area contributed by atoms with Crippen LogP contribution in [0.4, 0.5) is 0 Å². The molecule has 0 spiro atoms. The van der Waals surface area contributed by atoms with E-state index >= 15 is 0 Å². The zero-order valence-electron chi connectivity index (χ0n) is 12.4. The highest BCUT2D eigenvalue weighted by atomic mass is 16.5. The maximum atomic E-state index is 11.0. The monoisotopic (exact) mass is 269 g/mol. The summed E-state index contributed by atoms with van der Waals surface area (Å²) in [6.07, 6.45) is 3.84. The Morgan fingerprint density at radius 2 is 2.16 bits per heavy atom. The van der Waals surface area contributed by atoms with E-state index in [4.69, 9.17) is 9.84 Å². The standard InChI is InChI=1S/C15H27NO3/c1-11-6-12(9-15(2,3)8-11)16-4-5-19-10-13(16)7-14(17)18/h11-13H,4-10H2,1-3H3,(H,17,18). The van der Waals surface area contributed by atoms with E-state index in [2.05, 4.69) is 25.7 Å². The highest BCUT2D eigenvalue weighted by Gasteiger charge is 2.38. The van der Waals surface area contributed by atoms with E-state index < -0.39 is 5.97 Å². The normalized spacial score (nSPS) is 36.1. The Balaban J connectivity index is 2.06. The molecule has 3 atom stereocenters. The van der Waals surface area contributed by atoms with Gasteiger partial charge in [-0.05, 0) is 30.6 Å². The number of hydrogen-bond acceptors (Lipinski definition) is 3. The molecule has 1 saturated carbocycles. The van der Waals surface area contributed by atoms with Gasteiger partial charge >= 0.3 is 5.97 Å². The van der Waals surface area contributed by atoms with E-state index in [1.165, 1.54) is 19.3 Å². The van der Waals surface area contributed by atoms with Gasteiger partial charge in [0.1, 0.15) is 0 Å². The quantitative estimate of drug-likeness (QED) is 0.854. The highest BCUT2D eigenvalue weighted by Crippen LogP contribution is 2.41. The molecule has 1 N–H and O–H groups in total. The van der Waals surface area contributed by atoms with Gasteiger partial charge in [0.05, 0.1) is 19.6 Å². The lowest BCUT2D eigenvalue weighted by Gasteiger charge is -2.47. The van der Waals surface area contributed by atoms with Crippen LogP contribution in [0.25, 0.3) is 0 Å². The number of carbonyl (C=O) groups is 1. The van der Waals surface area contributed by atoms with Crippen LogP contribution in [0.15, 0.2) is 0 Å². The smallest absolute Gasteiger partial charge is 0.305 e. The fraction of sp³-hybridized carbons (Fsp3) is 0.933. The average molecular weight is 269 g/mol. The van der Waals surface area contributed by atoms with Crippen LogP contribution in [0.5, 0.6) is 0 Å². The third kappa shape index (κ3) is 3.93. The van der Waals surface area contributed by atoms with Gasteiger partial charge in [-0.1, -0.05) is 20.8 Å². The van der Waals surface area contributed by atoms with Gasteiger partial charge in [0.15, 0.2) is 0 Å². The second-order valence-corrected chi connectivity index (χ2v) is 7.13. The molecule has 4 nitrogen and oxygen atoms in total. The first kappa shape index (κ1) is 14.8. The van der Waals surface area contributed by atoms with E-state index in [0.717, 1.165) is 19.1 Å². The first-order valence-electron chi connectivity index (χ1n) is 7.43. The molecular formula is C15H27NO3. The molecule has 110 valence electrons. The van der Waals surface area contributed by atoms with Crippen molar-refractivity contribution in [2.75, 3.05) is 19.8 Å². The Bertz CT molecular complexity index is 329. The summed E-state index contributed by atoms with van der Waals surface area (Å²) < 4.78 is 5.48. The molecular weight excluding hydrogens is 242 g/mol. The molecule has 1 aliphatic carbocycles. The third-order valence-electron chi connectivity index (χ3n) is 4.52. The van der Waals surface area contributed by atoms with E-state index in [1.54, 1.807) is 0 Å². The first-order valence-corrected chi connectivity index (χ1v) is 7.43. The lowest BCUT2D eigenvalue weighted by molar-refractivity contribution is -0.141. The van der Waals surface area contributed by atoms with Crippen molar-refractivity contribution in [3.8, 4) is 0 Å². The minimum atomic E-state index is -0.719. The minimum absolute atomic E-state index is 0.0531. The van der Waals surface area contributed by atoms with E-state index in [9.17, 15) is 4.79 Å². The maximum absolute atomic E-state index is 11.0. The highest BCUT2D eigenvalue weighted by molar-refractivity contribution is 5.67. The number of ether oxygens (including phenoxy) is 1. The van der Waals surface area contributed by atoms with Gasteiger partial charge in [0, 0.05) is 18.6 Å². The molecule has 0 aromatic heterocycles. The molecule has 2 rings (SSSR count). The third-order valence-corrected chi connectivity index (χ3v) is 4.52. The molecule has 1 aliphatic heterocycles. The lowest BCUT2D eigenvalue weighted by Crippen LogP contribution is -2.54. The first-order chi connectivity index (χ1) is 8.87. The Kier molecular flexibility index (Phi) is 4.51. The van der Waals surface area contributed by atoms with Gasteiger partial charge in [-0.15, -0.1) is 0 Å². The summed E-state index contributed by atoms with van der Waals surface area (Å²) >= 11 is 0. The molecule has 2 fully saturated rings. The van der Waals surface area contributed by atoms with Crippen LogP contribution in [0.2, 0.25) is 0 Å². The average Bonchev–Trinajstić information content (AvgIpc) is 2.26. The lowest BCUT2D eigenvalue weighted by atomic mass is 9.70. The summed E-state index contributed by atoms with van der Waals surface area (Å²) in [5.74, 6) is 0.00527. The summed E-state index contributed by atoms with van der Waals surface area (Å²) in [5, 5.41) is 9.05. The fourth-order valence-corrected chi connectivity index (χ4v) is 4.07. The van der Waals surface area contributed by atoms with Gasteiger partial charge in [-0.2, -0.15) is 0 Å². The van der Waals surface area contributed by atoms with Crippen LogP contribution in [0.1, 0.15) is 46.5 Å². The number of hydrogen-bond donors (Lipinski definition) is 1. The molecule has 0 aromatic rings. The maximum Gasteiger partial charge on any atom is 0.305 e. The molecule has 1 saturated heterocycles. The van der Waals surface area contributed by atoms with Gasteiger partial charge in [0.2, 0.25) is 0 Å². The molecule has 0 aromatic carbocycles. The van der Waals surface area contributed by atoms with Crippen molar-refractivity contribution in [3.63, 3.8) is 0 Å². The van der Waals surface area contributed by atoms with Crippen LogP contribution in [-0.4, -0.2) is 47.8 Å². The molecule has 2 aliphatic rings. The van der Waals surface area contributed by atoms with Gasteiger partial charge in [-0.25, -0.2) is 0 Å². The van der Waals surface area contributed by atoms with Crippen molar-refractivity contribution in [3.05, 3.63) is 0 Å². The zero-order chi connectivity index (χ0) is 14.0. The molecule has 0 amide bonds. The van der Waals surface area contributed by atoms with Gasteiger partial charge < -0.3 is 9.84 Å². The Morgan fingerprint density at radius 1 is 1.42 bits per heavy atom. The SMILES string of the molecule is CC1CC(N2CCOCC2CC(=O)O)CC(C)(C)C1. The second-order valence-electron chi connectivity index (χ2n) is 7.13. The van der Waals surface area contributed by atoms with Crippen molar-refractivity contribution in [2.45, 2.75) is 58.5 Å². The molecule has 4 heteroatoms. The molecule has 1 heterocycles. The van der Waals surface area contributed by atoms with E-state index in [0.29, 0.717) is 18.1 Å². The van der Waals surface area contributed by atoms with Crippen LogP contribution in [-0.2, 0) is 9.53 Å². The number of aliphatic carboxylic acids is 1. The van der Waals surface area contributed by atoms with Crippen molar-refractivity contribution in [1.29, 1.82) is 0 Å². The number of nitrogens with zero attached hydrogens (tertiary/aromatic N) is 1. The summed E-state index contributed by atoms with van der Waals surface area (Å²) in [6, 6.07) is 0.573. The van der Waals surface area contributed by atoms with Crippen molar-refractivity contribution < 1.29 is 14.6 Å². The van der Waals surface area contributed by atoms with Gasteiger partial charge in [-0.3, -0.25) is 9.69 Å². The fourth-order valence-electron chi connectivity index (χ4n) is 4.07. The number of morpholine rings is 1. The van der Waals surface area contributed by atoms with E-state index in [1.807, 2.05) is 0 Å². The topological polar surface area (TPSA) is 49.8 Å². The largest absolute Gasteiger partial charge is 0.481 e. The summed E-state index contributed by atoms with van der Waals surface area (Å²) in [5.41, 5.74) is 0.369. The summed E-state index contributed by atoms with van der Waals surface area (Å²) in [6.45, 7) is 9.18. The van der Waals surface area contributed by atoms with Crippen LogP contribution in [0, 0.1) is 11.3 Å². The predicted molar refractivity (Wildman–Crippen MR) is 74.1 cm³/mol. The summed E-state index contributed by atoms with van der Waals surface area (Å²) in [7, 11) is 0. The molecule has 3 unspecified atom stereocenters. The Morgan fingerprint density at radius 3 is 2.79 bits per heavy atom. The van der Waals surface area contributed by atoms with Crippen LogP contribution >= 0.6 is 0 Å². The van der Waals surface area contributed by atoms with Crippen molar-refractivity contribution in [1.82, 2.24) is 4.90 Å². The number of carboxylic acids is 1. The van der Waals surface area contributed by atoms with Crippen molar-refractivity contribution in [2.24, 2.45) is 11.3 Å². The Labute approximate surface area is 116 Å². The van der Waals surface area contributed by atoms with Crippen LogP contribution in [0.3, 0.4) is 0 Å². The minimum Gasteiger partial charge on any atom is -0.481 e. The molecule has 0 radical (unpaired) electrons. The summed E-state index contributed by atoms with van der Waals surface area (Å²) in [4.78, 5) is 13.4. The number of rotatable bonds is 3. The second kappa shape index (κ2) is 5.80. The van der Waals surface area contributed by atoms with E-state index in [-0.39, 0.29) is 12.5 Å².